The summed E-state index contributed by atoms with van der Waals surface area (Å²) in [6.07, 6.45) is 0.0905. The lowest BCUT2D eigenvalue weighted by Crippen LogP contribution is -2.47. The molecule has 2 N–H and O–H groups in total. The molecule has 1 aromatic carbocycles. The molecule has 5 nitrogen and oxygen atoms in total. The zero-order chi connectivity index (χ0) is 16.7. The van der Waals surface area contributed by atoms with Gasteiger partial charge < -0.3 is 4.74 Å². The number of hydrogen-bond donors (Lipinski definition) is 2. The molecule has 2 aromatic rings. The van der Waals surface area contributed by atoms with Crippen molar-refractivity contribution < 1.29 is 18.7 Å². The molecule has 7 heteroatoms. The van der Waals surface area contributed by atoms with Gasteiger partial charge in [0.2, 0.25) is 5.91 Å². The normalized spacial score (nSPS) is 11.6. The van der Waals surface area contributed by atoms with Crippen LogP contribution in [-0.4, -0.2) is 17.9 Å². The molecule has 23 heavy (non-hydrogen) atoms. The van der Waals surface area contributed by atoms with Crippen LogP contribution >= 0.6 is 11.3 Å². The van der Waals surface area contributed by atoms with Crippen LogP contribution in [0.1, 0.15) is 18.2 Å². The fourth-order valence-corrected chi connectivity index (χ4v) is 2.47. The van der Waals surface area contributed by atoms with Crippen LogP contribution in [0.5, 0.6) is 5.75 Å². The number of carbonyl (C=O) groups excluding carboxylic acids is 2. The maximum atomic E-state index is 12.8. The first-order valence-corrected chi connectivity index (χ1v) is 7.96. The Morgan fingerprint density at radius 3 is 2.61 bits per heavy atom. The fourth-order valence-electron chi connectivity index (χ4n) is 1.76. The third-order valence-electron chi connectivity index (χ3n) is 3.00. The van der Waals surface area contributed by atoms with E-state index in [0.29, 0.717) is 12.2 Å². The molecule has 122 valence electrons. The van der Waals surface area contributed by atoms with Gasteiger partial charge in [0.15, 0.2) is 6.10 Å². The van der Waals surface area contributed by atoms with Crippen molar-refractivity contribution >= 4 is 23.2 Å². The smallest absolute Gasteiger partial charge is 0.279 e. The van der Waals surface area contributed by atoms with Crippen LogP contribution in [0.4, 0.5) is 4.39 Å². The standard InChI is InChI=1S/C16H17FN2O3S/c1-11(22-13-6-4-12(17)5-7-13)16(21)19-18-15(20)9-8-14-3-2-10-23-14/h2-7,10-11H,8-9H2,1H3,(H,18,20)(H,19,21). The number of benzene rings is 1. The second kappa shape index (κ2) is 8.28. The van der Waals surface area contributed by atoms with Crippen molar-refractivity contribution in [2.75, 3.05) is 0 Å². The molecule has 0 aliphatic carbocycles. The average molecular weight is 336 g/mol. The van der Waals surface area contributed by atoms with Crippen molar-refractivity contribution in [1.29, 1.82) is 0 Å². The van der Waals surface area contributed by atoms with Gasteiger partial charge in [-0.3, -0.25) is 20.4 Å². The number of hydrazine groups is 1. The van der Waals surface area contributed by atoms with Gasteiger partial charge in [0.05, 0.1) is 0 Å². The van der Waals surface area contributed by atoms with Crippen molar-refractivity contribution in [2.45, 2.75) is 25.9 Å². The molecular weight excluding hydrogens is 319 g/mol. The number of hydrogen-bond acceptors (Lipinski definition) is 4. The van der Waals surface area contributed by atoms with Gasteiger partial charge in [-0.05, 0) is 49.1 Å². The van der Waals surface area contributed by atoms with Gasteiger partial charge in [0.1, 0.15) is 11.6 Å². The van der Waals surface area contributed by atoms with E-state index in [1.807, 2.05) is 17.5 Å². The van der Waals surface area contributed by atoms with E-state index in [1.54, 1.807) is 11.3 Å². The van der Waals surface area contributed by atoms with Gasteiger partial charge in [0.25, 0.3) is 5.91 Å². The molecule has 0 saturated heterocycles. The van der Waals surface area contributed by atoms with E-state index in [9.17, 15) is 14.0 Å². The molecule has 0 saturated carbocycles. The van der Waals surface area contributed by atoms with Crippen molar-refractivity contribution in [3.63, 3.8) is 0 Å². The summed E-state index contributed by atoms with van der Waals surface area (Å²) in [7, 11) is 0. The molecule has 1 atom stereocenters. The monoisotopic (exact) mass is 336 g/mol. The summed E-state index contributed by atoms with van der Waals surface area (Å²) >= 11 is 1.58. The van der Waals surface area contributed by atoms with Crippen molar-refractivity contribution in [3.05, 3.63) is 52.5 Å². The summed E-state index contributed by atoms with van der Waals surface area (Å²) in [5.41, 5.74) is 4.66. The van der Waals surface area contributed by atoms with E-state index in [4.69, 9.17) is 4.74 Å². The first kappa shape index (κ1) is 17.0. The van der Waals surface area contributed by atoms with Gasteiger partial charge in [-0.15, -0.1) is 11.3 Å². The third-order valence-corrected chi connectivity index (χ3v) is 3.94. The van der Waals surface area contributed by atoms with Gasteiger partial charge >= 0.3 is 0 Å². The lowest BCUT2D eigenvalue weighted by atomic mass is 10.2. The highest BCUT2D eigenvalue weighted by Gasteiger charge is 2.15. The zero-order valence-electron chi connectivity index (χ0n) is 12.5. The Balaban J connectivity index is 1.70. The van der Waals surface area contributed by atoms with Crippen LogP contribution in [0.25, 0.3) is 0 Å². The van der Waals surface area contributed by atoms with Crippen LogP contribution < -0.4 is 15.6 Å². The third kappa shape index (κ3) is 5.71. The summed E-state index contributed by atoms with van der Waals surface area (Å²) in [5, 5.41) is 1.95. The van der Waals surface area contributed by atoms with Gasteiger partial charge in [-0.2, -0.15) is 0 Å². The number of carbonyl (C=O) groups is 2. The molecule has 0 radical (unpaired) electrons. The zero-order valence-corrected chi connectivity index (χ0v) is 13.4. The Morgan fingerprint density at radius 2 is 1.96 bits per heavy atom. The van der Waals surface area contributed by atoms with Crippen molar-refractivity contribution in [2.24, 2.45) is 0 Å². The van der Waals surface area contributed by atoms with Crippen LogP contribution in [0.3, 0.4) is 0 Å². The minimum Gasteiger partial charge on any atom is -0.481 e. The lowest BCUT2D eigenvalue weighted by Gasteiger charge is -2.15. The minimum absolute atomic E-state index is 0.277. The molecule has 1 unspecified atom stereocenters. The first-order valence-electron chi connectivity index (χ1n) is 7.08. The highest BCUT2D eigenvalue weighted by Crippen LogP contribution is 2.13. The molecule has 2 rings (SSSR count). The molecule has 0 bridgehead atoms. The van der Waals surface area contributed by atoms with Crippen LogP contribution in [-0.2, 0) is 16.0 Å². The van der Waals surface area contributed by atoms with Crippen LogP contribution in [0, 0.1) is 5.82 Å². The maximum Gasteiger partial charge on any atom is 0.279 e. The Hall–Kier alpha value is -2.41. The minimum atomic E-state index is -0.821. The summed E-state index contributed by atoms with van der Waals surface area (Å²) in [6.45, 7) is 1.54. The predicted molar refractivity (Wildman–Crippen MR) is 85.4 cm³/mol. The largest absolute Gasteiger partial charge is 0.481 e. The summed E-state index contributed by atoms with van der Waals surface area (Å²) in [4.78, 5) is 24.6. The van der Waals surface area contributed by atoms with Crippen LogP contribution in [0.15, 0.2) is 41.8 Å². The molecular formula is C16H17FN2O3S. The van der Waals surface area contributed by atoms with E-state index in [0.717, 1.165) is 4.88 Å². The van der Waals surface area contributed by atoms with E-state index >= 15 is 0 Å². The number of ether oxygens (including phenoxy) is 1. The second-order valence-corrected chi connectivity index (χ2v) is 5.86. The molecule has 0 aliphatic heterocycles. The molecule has 0 aliphatic rings. The highest BCUT2D eigenvalue weighted by molar-refractivity contribution is 7.09. The Labute approximate surface area is 137 Å². The highest BCUT2D eigenvalue weighted by atomic mass is 32.1. The first-order chi connectivity index (χ1) is 11.0. The van der Waals surface area contributed by atoms with E-state index < -0.39 is 12.0 Å². The van der Waals surface area contributed by atoms with E-state index in [-0.39, 0.29) is 18.1 Å². The summed E-state index contributed by atoms with van der Waals surface area (Å²) in [5.74, 6) is -0.773. The quantitative estimate of drug-likeness (QED) is 0.796. The van der Waals surface area contributed by atoms with E-state index in [2.05, 4.69) is 10.9 Å². The predicted octanol–water partition coefficient (Wildman–Crippen LogP) is 2.43. The molecule has 1 aromatic heterocycles. The maximum absolute atomic E-state index is 12.8. The van der Waals surface area contributed by atoms with Crippen LogP contribution in [0.2, 0.25) is 0 Å². The van der Waals surface area contributed by atoms with Gasteiger partial charge in [-0.1, -0.05) is 6.07 Å². The lowest BCUT2D eigenvalue weighted by molar-refractivity contribution is -0.132. The number of thiophene rings is 1. The van der Waals surface area contributed by atoms with Gasteiger partial charge in [0, 0.05) is 11.3 Å². The fraction of sp³-hybridized carbons (Fsp3) is 0.250. The molecule has 2 amide bonds. The Bertz CT molecular complexity index is 644. The number of amides is 2. The SMILES string of the molecule is CC(Oc1ccc(F)cc1)C(=O)NNC(=O)CCc1cccs1. The second-order valence-electron chi connectivity index (χ2n) is 4.83. The number of halogens is 1. The van der Waals surface area contributed by atoms with Crippen molar-refractivity contribution in [3.8, 4) is 5.75 Å². The number of rotatable bonds is 6. The Morgan fingerprint density at radius 1 is 1.22 bits per heavy atom. The molecule has 0 spiro atoms. The number of nitrogens with one attached hydrogen (secondary N) is 2. The molecule has 1 heterocycles. The van der Waals surface area contributed by atoms with Crippen molar-refractivity contribution in [1.82, 2.24) is 10.9 Å². The average Bonchev–Trinajstić information content (AvgIpc) is 3.06. The number of aryl methyl sites for hydroxylation is 1. The Kier molecular flexibility index (Phi) is 6.10. The summed E-state index contributed by atoms with van der Waals surface area (Å²) < 4.78 is 18.1. The van der Waals surface area contributed by atoms with E-state index in [1.165, 1.54) is 31.2 Å². The molecule has 0 fully saturated rings. The summed E-state index contributed by atoms with van der Waals surface area (Å²) in [6, 6.07) is 9.22. The van der Waals surface area contributed by atoms with Gasteiger partial charge in [-0.25, -0.2) is 4.39 Å². The topological polar surface area (TPSA) is 67.4 Å².